The maximum atomic E-state index is 13.8. The predicted octanol–water partition coefficient (Wildman–Crippen LogP) is 6.53. The van der Waals surface area contributed by atoms with Crippen LogP contribution in [-0.4, -0.2) is 12.6 Å². The van der Waals surface area contributed by atoms with Crippen LogP contribution in [0.5, 0.6) is 0 Å². The molecular weight excluding hydrogens is 336 g/mol. The van der Waals surface area contributed by atoms with Crippen LogP contribution in [0.2, 0.25) is 0 Å². The maximum absolute atomic E-state index is 13.8. The van der Waals surface area contributed by atoms with E-state index in [4.69, 9.17) is 4.74 Å². The van der Waals surface area contributed by atoms with Crippen molar-refractivity contribution in [3.05, 3.63) is 35.1 Å². The van der Waals surface area contributed by atoms with Gasteiger partial charge >= 0.3 is 12.1 Å². The molecule has 0 saturated carbocycles. The molecule has 0 amide bonds. The van der Waals surface area contributed by atoms with E-state index >= 15 is 0 Å². The Hall–Kier alpha value is -1.59. The number of benzene rings is 1. The highest BCUT2D eigenvalue weighted by atomic mass is 19.4. The zero-order valence-electron chi connectivity index (χ0n) is 14.6. The van der Waals surface area contributed by atoms with Crippen molar-refractivity contribution in [1.82, 2.24) is 0 Å². The molecule has 1 aromatic rings. The van der Waals surface area contributed by atoms with Crippen LogP contribution in [-0.2, 0) is 10.9 Å². The Morgan fingerprint density at radius 3 is 2.08 bits per heavy atom. The first-order valence-corrected chi connectivity index (χ1v) is 8.90. The van der Waals surface area contributed by atoms with Gasteiger partial charge in [-0.15, -0.1) is 0 Å². The number of carbonyl (C=O) groups is 1. The van der Waals surface area contributed by atoms with E-state index in [2.05, 4.69) is 6.92 Å². The number of unbranched alkanes of at least 4 members (excludes halogenated alkanes) is 8. The van der Waals surface area contributed by atoms with E-state index < -0.39 is 29.1 Å². The quantitative estimate of drug-likeness (QED) is 0.254. The van der Waals surface area contributed by atoms with Gasteiger partial charge in [-0.1, -0.05) is 64.4 Å². The molecule has 0 aliphatic heterocycles. The lowest BCUT2D eigenvalue weighted by atomic mass is 10.1. The van der Waals surface area contributed by atoms with Crippen LogP contribution in [0.15, 0.2) is 18.2 Å². The van der Waals surface area contributed by atoms with Gasteiger partial charge in [-0.05, 0) is 18.6 Å². The summed E-state index contributed by atoms with van der Waals surface area (Å²) in [5.41, 5.74) is -2.13. The minimum Gasteiger partial charge on any atom is -0.462 e. The number of rotatable bonds is 11. The van der Waals surface area contributed by atoms with E-state index in [1.807, 2.05) is 0 Å². The number of hydrogen-bond donors (Lipinski definition) is 0. The highest BCUT2D eigenvalue weighted by Gasteiger charge is 2.35. The Labute approximate surface area is 146 Å². The Morgan fingerprint density at radius 1 is 0.960 bits per heavy atom. The van der Waals surface area contributed by atoms with Gasteiger partial charge in [0.15, 0.2) is 0 Å². The molecule has 6 heteroatoms. The van der Waals surface area contributed by atoms with Gasteiger partial charge < -0.3 is 4.74 Å². The molecule has 0 atom stereocenters. The highest BCUT2D eigenvalue weighted by molar-refractivity contribution is 5.90. The summed E-state index contributed by atoms with van der Waals surface area (Å²) < 4.78 is 56.6. The fraction of sp³-hybridized carbons (Fsp3) is 0.632. The van der Waals surface area contributed by atoms with E-state index in [0.29, 0.717) is 12.5 Å². The minimum atomic E-state index is -4.84. The summed E-state index contributed by atoms with van der Waals surface area (Å²) in [6.45, 7) is 2.26. The molecule has 0 N–H and O–H groups in total. The van der Waals surface area contributed by atoms with Crippen LogP contribution in [0.1, 0.15) is 80.6 Å². The molecule has 0 fully saturated rings. The van der Waals surface area contributed by atoms with Crippen LogP contribution in [0, 0.1) is 5.82 Å². The molecule has 0 spiro atoms. The van der Waals surface area contributed by atoms with Crippen molar-refractivity contribution in [2.75, 3.05) is 6.61 Å². The molecule has 0 saturated heterocycles. The third kappa shape index (κ3) is 7.88. The molecule has 0 bridgehead atoms. The molecule has 0 aliphatic carbocycles. The van der Waals surface area contributed by atoms with Crippen molar-refractivity contribution < 1.29 is 27.1 Å². The summed E-state index contributed by atoms with van der Waals surface area (Å²) >= 11 is 0. The van der Waals surface area contributed by atoms with E-state index in [9.17, 15) is 22.4 Å². The Bertz CT molecular complexity index is 527. The molecule has 0 heterocycles. The van der Waals surface area contributed by atoms with Crippen LogP contribution >= 0.6 is 0 Å². The van der Waals surface area contributed by atoms with Crippen molar-refractivity contribution in [3.63, 3.8) is 0 Å². The van der Waals surface area contributed by atoms with Crippen LogP contribution < -0.4 is 0 Å². The molecule has 142 valence electrons. The predicted molar refractivity (Wildman–Crippen MR) is 88.9 cm³/mol. The largest absolute Gasteiger partial charge is 0.462 e. The van der Waals surface area contributed by atoms with Gasteiger partial charge in [-0.2, -0.15) is 13.2 Å². The molecule has 2 nitrogen and oxygen atoms in total. The SMILES string of the molecule is CCCCCCCCCCCOC(=O)c1cccc(C(F)(F)F)c1F. The average Bonchev–Trinajstić information content (AvgIpc) is 2.55. The molecule has 0 aliphatic rings. The van der Waals surface area contributed by atoms with Crippen molar-refractivity contribution in [1.29, 1.82) is 0 Å². The van der Waals surface area contributed by atoms with Crippen molar-refractivity contribution in [3.8, 4) is 0 Å². The van der Waals surface area contributed by atoms with E-state index in [1.54, 1.807) is 0 Å². The lowest BCUT2D eigenvalue weighted by molar-refractivity contribution is -0.140. The first-order chi connectivity index (χ1) is 11.9. The van der Waals surface area contributed by atoms with Gasteiger partial charge in [0.05, 0.1) is 17.7 Å². The fourth-order valence-corrected chi connectivity index (χ4v) is 2.56. The topological polar surface area (TPSA) is 26.3 Å². The van der Waals surface area contributed by atoms with E-state index in [-0.39, 0.29) is 6.61 Å². The van der Waals surface area contributed by atoms with Crippen molar-refractivity contribution in [2.24, 2.45) is 0 Å². The molecule has 1 rings (SSSR count). The second kappa shape index (κ2) is 11.1. The highest BCUT2D eigenvalue weighted by Crippen LogP contribution is 2.32. The third-order valence-corrected chi connectivity index (χ3v) is 4.01. The van der Waals surface area contributed by atoms with Gasteiger partial charge in [0.2, 0.25) is 0 Å². The molecule has 0 aromatic heterocycles. The molecule has 0 unspecified atom stereocenters. The Balaban J connectivity index is 2.27. The number of ether oxygens (including phenoxy) is 1. The number of hydrogen-bond acceptors (Lipinski definition) is 2. The fourth-order valence-electron chi connectivity index (χ4n) is 2.56. The Kier molecular flexibility index (Phi) is 9.53. The monoisotopic (exact) mass is 362 g/mol. The third-order valence-electron chi connectivity index (χ3n) is 4.01. The van der Waals surface area contributed by atoms with Crippen LogP contribution in [0.25, 0.3) is 0 Å². The number of halogens is 4. The first kappa shape index (κ1) is 21.5. The van der Waals surface area contributed by atoms with Crippen molar-refractivity contribution >= 4 is 5.97 Å². The Morgan fingerprint density at radius 2 is 1.52 bits per heavy atom. The number of carbonyl (C=O) groups excluding carboxylic acids is 1. The van der Waals surface area contributed by atoms with Crippen LogP contribution in [0.4, 0.5) is 17.6 Å². The van der Waals surface area contributed by atoms with Gasteiger partial charge in [-0.25, -0.2) is 9.18 Å². The summed E-state index contributed by atoms with van der Waals surface area (Å²) in [5, 5.41) is 0. The van der Waals surface area contributed by atoms with Crippen LogP contribution in [0.3, 0.4) is 0 Å². The second-order valence-corrected chi connectivity index (χ2v) is 6.13. The summed E-state index contributed by atoms with van der Waals surface area (Å²) in [5.74, 6) is -2.63. The summed E-state index contributed by atoms with van der Waals surface area (Å²) in [7, 11) is 0. The van der Waals surface area contributed by atoms with Gasteiger partial charge in [-0.3, -0.25) is 0 Å². The first-order valence-electron chi connectivity index (χ1n) is 8.90. The lowest BCUT2D eigenvalue weighted by Gasteiger charge is -2.11. The van der Waals surface area contributed by atoms with E-state index in [1.165, 1.54) is 32.1 Å². The summed E-state index contributed by atoms with van der Waals surface area (Å²) in [6.07, 6.45) is 5.00. The normalized spacial score (nSPS) is 11.6. The zero-order chi connectivity index (χ0) is 18.7. The molecule has 1 aromatic carbocycles. The van der Waals surface area contributed by atoms with Crippen molar-refractivity contribution in [2.45, 2.75) is 70.9 Å². The van der Waals surface area contributed by atoms with Gasteiger partial charge in [0.1, 0.15) is 5.82 Å². The number of esters is 1. The molecular formula is C19H26F4O2. The second-order valence-electron chi connectivity index (χ2n) is 6.13. The maximum Gasteiger partial charge on any atom is 0.419 e. The zero-order valence-corrected chi connectivity index (χ0v) is 14.6. The van der Waals surface area contributed by atoms with E-state index in [0.717, 1.165) is 31.4 Å². The summed E-state index contributed by atoms with van der Waals surface area (Å²) in [4.78, 5) is 11.8. The lowest BCUT2D eigenvalue weighted by Crippen LogP contribution is -2.14. The minimum absolute atomic E-state index is 0.0877. The van der Waals surface area contributed by atoms with Gasteiger partial charge in [0, 0.05) is 0 Å². The standard InChI is InChI=1S/C19H26F4O2/c1-2-3-4-5-6-7-8-9-10-14-25-18(24)15-12-11-13-16(17(15)20)19(21,22)23/h11-13H,2-10,14H2,1H3. The summed E-state index contributed by atoms with van der Waals surface area (Å²) in [6, 6.07) is 2.61. The smallest absolute Gasteiger partial charge is 0.419 e. The van der Waals surface area contributed by atoms with Gasteiger partial charge in [0.25, 0.3) is 0 Å². The molecule has 0 radical (unpaired) electrons. The molecule has 25 heavy (non-hydrogen) atoms. The number of alkyl halides is 3. The average molecular weight is 362 g/mol.